The number of nitrogens with zero attached hydrogens (tertiary/aromatic N) is 4. The molecule has 2 aromatic carbocycles. The van der Waals surface area contributed by atoms with Crippen LogP contribution in [-0.4, -0.2) is 66.7 Å². The molecule has 0 aliphatic carbocycles. The first-order chi connectivity index (χ1) is 18.0. The average Bonchev–Trinajstić information content (AvgIpc) is 3.38. The van der Waals surface area contributed by atoms with Crippen molar-refractivity contribution in [2.24, 2.45) is 5.92 Å². The molecule has 1 atom stereocenters. The third-order valence-corrected chi connectivity index (χ3v) is 9.45. The fourth-order valence-corrected chi connectivity index (χ4v) is 6.87. The summed E-state index contributed by atoms with van der Waals surface area (Å²) in [5, 5.41) is 4.23. The molecular weight excluding hydrogens is 484 g/mol. The largest absolute Gasteiger partial charge is 0.339 e. The normalized spacial score (nSPS) is 19.7. The van der Waals surface area contributed by atoms with Gasteiger partial charge in [-0.3, -0.25) is 0 Å². The maximum Gasteiger partial charge on any atom is 0.229 e. The first-order valence-corrected chi connectivity index (χ1v) is 15.4. The van der Waals surface area contributed by atoms with E-state index in [1.54, 1.807) is 4.31 Å². The Morgan fingerprint density at radius 3 is 2.22 bits per heavy atom. The summed E-state index contributed by atoms with van der Waals surface area (Å²) in [7, 11) is -3.10. The lowest BCUT2D eigenvalue weighted by Crippen LogP contribution is -2.40. The smallest absolute Gasteiger partial charge is 0.229 e. The molecule has 1 aromatic heterocycles. The molecule has 0 spiro atoms. The molecule has 1 unspecified atom stereocenters. The van der Waals surface area contributed by atoms with Gasteiger partial charge < -0.3 is 9.42 Å². The van der Waals surface area contributed by atoms with Crippen LogP contribution >= 0.6 is 0 Å². The van der Waals surface area contributed by atoms with Gasteiger partial charge in [0.25, 0.3) is 0 Å². The molecule has 2 aliphatic heterocycles. The summed E-state index contributed by atoms with van der Waals surface area (Å²) in [6, 6.07) is 21.1. The van der Waals surface area contributed by atoms with Gasteiger partial charge in [-0.2, -0.15) is 4.98 Å². The second-order valence-corrected chi connectivity index (χ2v) is 12.6. The molecule has 0 amide bonds. The minimum absolute atomic E-state index is 0.332. The zero-order valence-corrected chi connectivity index (χ0v) is 22.5. The predicted octanol–water partition coefficient (Wildman–Crippen LogP) is 4.69. The summed E-state index contributed by atoms with van der Waals surface area (Å²) >= 11 is 0. The minimum atomic E-state index is -3.10. The van der Waals surface area contributed by atoms with Crippen LogP contribution in [0.3, 0.4) is 0 Å². The second-order valence-electron chi connectivity index (χ2n) is 10.6. The van der Waals surface area contributed by atoms with Gasteiger partial charge in [0.05, 0.1) is 6.26 Å². The number of piperidine rings is 2. The minimum Gasteiger partial charge on any atom is -0.339 e. The number of benzene rings is 2. The summed E-state index contributed by atoms with van der Waals surface area (Å²) in [4.78, 5) is 7.28. The highest BCUT2D eigenvalue weighted by atomic mass is 32.2. The van der Waals surface area contributed by atoms with E-state index in [4.69, 9.17) is 9.51 Å². The van der Waals surface area contributed by atoms with E-state index >= 15 is 0 Å². The Balaban J connectivity index is 1.14. The number of likely N-dealkylation sites (tertiary alicyclic amines) is 1. The first kappa shape index (κ1) is 26.1. The fraction of sp³-hybridized carbons (Fsp3) is 0.517. The van der Waals surface area contributed by atoms with Gasteiger partial charge in [-0.1, -0.05) is 65.8 Å². The van der Waals surface area contributed by atoms with Crippen LogP contribution in [0, 0.1) is 5.92 Å². The van der Waals surface area contributed by atoms with Gasteiger partial charge in [-0.25, -0.2) is 12.7 Å². The van der Waals surface area contributed by atoms with E-state index in [0.717, 1.165) is 63.5 Å². The Bertz CT molecular complexity index is 1220. The molecule has 37 heavy (non-hydrogen) atoms. The summed E-state index contributed by atoms with van der Waals surface area (Å²) in [6.45, 7) is 4.40. The second kappa shape index (κ2) is 11.9. The van der Waals surface area contributed by atoms with E-state index in [1.165, 1.54) is 17.4 Å². The van der Waals surface area contributed by atoms with Gasteiger partial charge >= 0.3 is 0 Å². The van der Waals surface area contributed by atoms with Gasteiger partial charge in [0.2, 0.25) is 15.9 Å². The number of aromatic nitrogens is 2. The van der Waals surface area contributed by atoms with Crippen molar-refractivity contribution in [1.82, 2.24) is 19.3 Å². The van der Waals surface area contributed by atoms with Crippen LogP contribution in [0.5, 0.6) is 0 Å². The van der Waals surface area contributed by atoms with E-state index in [1.807, 2.05) is 18.2 Å². The van der Waals surface area contributed by atoms with Crippen LogP contribution in [-0.2, 0) is 16.4 Å². The Morgan fingerprint density at radius 2 is 1.57 bits per heavy atom. The number of hydrogen-bond donors (Lipinski definition) is 0. The maximum atomic E-state index is 12.0. The zero-order valence-electron chi connectivity index (χ0n) is 21.7. The van der Waals surface area contributed by atoms with E-state index in [-0.39, 0.29) is 0 Å². The van der Waals surface area contributed by atoms with Crippen LogP contribution in [0.2, 0.25) is 0 Å². The summed E-state index contributed by atoms with van der Waals surface area (Å²) in [5.41, 5.74) is 2.58. The molecule has 2 saturated heterocycles. The molecule has 2 fully saturated rings. The first-order valence-electron chi connectivity index (χ1n) is 13.5. The highest BCUT2D eigenvalue weighted by Gasteiger charge is 2.32. The molecule has 8 heteroatoms. The lowest BCUT2D eigenvalue weighted by atomic mass is 9.78. The highest BCUT2D eigenvalue weighted by Crippen LogP contribution is 2.36. The fourth-order valence-electron chi connectivity index (χ4n) is 5.99. The molecule has 198 valence electrons. The molecule has 3 heterocycles. The number of hydrogen-bond acceptors (Lipinski definition) is 6. The standard InChI is InChI=1S/C29H38N4O3S/c1-37(34,35)33-20-14-25(15-21-33)27(24-10-6-3-7-11-24)16-19-32-17-12-26(13-18-32)29-30-28(31-36-29)22-23-8-4-2-5-9-23/h2-11,25-27H,12-22H2,1H3. The topological polar surface area (TPSA) is 79.5 Å². The molecule has 5 rings (SSSR count). The van der Waals surface area contributed by atoms with Crippen molar-refractivity contribution in [3.05, 3.63) is 83.5 Å². The zero-order chi connectivity index (χ0) is 25.7. The quantitative estimate of drug-likeness (QED) is 0.406. The van der Waals surface area contributed by atoms with Crippen molar-refractivity contribution in [3.63, 3.8) is 0 Å². The van der Waals surface area contributed by atoms with Gasteiger partial charge in [0.1, 0.15) is 0 Å². The number of sulfonamides is 1. The maximum absolute atomic E-state index is 12.0. The monoisotopic (exact) mass is 522 g/mol. The third kappa shape index (κ3) is 6.86. The van der Waals surface area contributed by atoms with Crippen LogP contribution < -0.4 is 0 Å². The summed E-state index contributed by atoms with van der Waals surface area (Å²) in [5.74, 6) is 2.84. The average molecular weight is 523 g/mol. The molecule has 0 N–H and O–H groups in total. The van der Waals surface area contributed by atoms with Gasteiger partial charge in [0, 0.05) is 25.4 Å². The lowest BCUT2D eigenvalue weighted by Gasteiger charge is -2.37. The molecule has 0 bridgehead atoms. The Labute approximate surface area is 220 Å². The van der Waals surface area contributed by atoms with Crippen LogP contribution in [0.25, 0.3) is 0 Å². The lowest BCUT2D eigenvalue weighted by molar-refractivity contribution is 0.174. The number of rotatable bonds is 9. The molecule has 3 aromatic rings. The van der Waals surface area contributed by atoms with Crippen molar-refractivity contribution >= 4 is 10.0 Å². The molecule has 0 saturated carbocycles. The highest BCUT2D eigenvalue weighted by molar-refractivity contribution is 7.88. The summed E-state index contributed by atoms with van der Waals surface area (Å²) in [6.07, 6.45) is 7.05. The Kier molecular flexibility index (Phi) is 8.37. The third-order valence-electron chi connectivity index (χ3n) is 8.15. The van der Waals surface area contributed by atoms with Crippen molar-refractivity contribution in [1.29, 1.82) is 0 Å². The van der Waals surface area contributed by atoms with Gasteiger partial charge in [0.15, 0.2) is 5.82 Å². The van der Waals surface area contributed by atoms with Crippen molar-refractivity contribution in [3.8, 4) is 0 Å². The molecule has 2 aliphatic rings. The van der Waals surface area contributed by atoms with E-state index in [9.17, 15) is 8.42 Å². The van der Waals surface area contributed by atoms with Crippen LogP contribution in [0.4, 0.5) is 0 Å². The van der Waals surface area contributed by atoms with Gasteiger partial charge in [-0.15, -0.1) is 0 Å². The molecule has 7 nitrogen and oxygen atoms in total. The Hall–Kier alpha value is -2.55. The van der Waals surface area contributed by atoms with Gasteiger partial charge in [-0.05, 0) is 74.7 Å². The van der Waals surface area contributed by atoms with E-state index in [2.05, 4.69) is 52.5 Å². The van der Waals surface area contributed by atoms with Crippen molar-refractivity contribution < 1.29 is 12.9 Å². The molecule has 0 radical (unpaired) electrons. The SMILES string of the molecule is CS(=O)(=O)N1CCC(C(CCN2CCC(c3nc(Cc4ccccc4)no3)CC2)c2ccccc2)CC1. The van der Waals surface area contributed by atoms with Crippen LogP contribution in [0.15, 0.2) is 65.2 Å². The summed E-state index contributed by atoms with van der Waals surface area (Å²) < 4.78 is 31.3. The van der Waals surface area contributed by atoms with Crippen molar-refractivity contribution in [2.45, 2.75) is 50.4 Å². The van der Waals surface area contributed by atoms with E-state index in [0.29, 0.717) is 37.3 Å². The Morgan fingerprint density at radius 1 is 0.919 bits per heavy atom. The molecular formula is C29H38N4O3S. The van der Waals surface area contributed by atoms with Crippen molar-refractivity contribution in [2.75, 3.05) is 39.0 Å². The van der Waals surface area contributed by atoms with E-state index < -0.39 is 10.0 Å². The predicted molar refractivity (Wildman–Crippen MR) is 145 cm³/mol. The van der Waals surface area contributed by atoms with Crippen LogP contribution in [0.1, 0.15) is 66.8 Å².